The van der Waals surface area contributed by atoms with Crippen molar-refractivity contribution >= 4 is 56.5 Å². The van der Waals surface area contributed by atoms with Crippen molar-refractivity contribution in [3.05, 3.63) is 62.2 Å². The van der Waals surface area contributed by atoms with Gasteiger partial charge >= 0.3 is 7.60 Å². The fourth-order valence-electron chi connectivity index (χ4n) is 3.45. The Morgan fingerprint density at radius 3 is 2.31 bits per heavy atom. The lowest BCUT2D eigenvalue weighted by Crippen LogP contribution is -2.15. The average Bonchev–Trinajstić information content (AvgIpc) is 3.02. The van der Waals surface area contributed by atoms with E-state index < -0.39 is 19.1 Å². The molecule has 0 aliphatic carbocycles. The van der Waals surface area contributed by atoms with Crippen LogP contribution in [0.25, 0.3) is 10.1 Å². The highest BCUT2D eigenvalue weighted by molar-refractivity contribution is 9.10. The van der Waals surface area contributed by atoms with Gasteiger partial charge in [-0.15, -0.1) is 11.3 Å². The molecule has 0 spiro atoms. The highest BCUT2D eigenvalue weighted by Crippen LogP contribution is 2.66. The maximum Gasteiger partial charge on any atom is 0.339 e. The predicted molar refractivity (Wildman–Crippen MR) is 134 cm³/mol. The predicted octanol–water partition coefficient (Wildman–Crippen LogP) is 8.79. The highest BCUT2D eigenvalue weighted by Gasteiger charge is 2.42. The van der Waals surface area contributed by atoms with E-state index in [1.54, 1.807) is 33.8 Å². The van der Waals surface area contributed by atoms with Crippen molar-refractivity contribution in [1.82, 2.24) is 0 Å². The molecule has 1 atom stereocenters. The van der Waals surface area contributed by atoms with Crippen LogP contribution in [0.3, 0.4) is 0 Å². The van der Waals surface area contributed by atoms with Crippen molar-refractivity contribution in [1.29, 1.82) is 0 Å². The first-order valence-corrected chi connectivity index (χ1v) is 13.8. The fraction of sp³-hybridized carbons (Fsp3) is 0.391. The Morgan fingerprint density at radius 1 is 1.12 bits per heavy atom. The number of rotatable bonds is 9. The first kappa shape index (κ1) is 25.7. The summed E-state index contributed by atoms with van der Waals surface area (Å²) in [6.45, 7) is 7.22. The summed E-state index contributed by atoms with van der Waals surface area (Å²) in [5, 5.41) is 1.17. The lowest BCUT2D eigenvalue weighted by Gasteiger charge is -2.30. The number of ether oxygens (including phenoxy) is 1. The van der Waals surface area contributed by atoms with Crippen LogP contribution in [-0.4, -0.2) is 19.3 Å². The van der Waals surface area contributed by atoms with Crippen LogP contribution < -0.4 is 4.74 Å². The van der Waals surface area contributed by atoms with Crippen LogP contribution >= 0.6 is 46.5 Å². The second-order valence-corrected chi connectivity index (χ2v) is 12.3. The molecule has 32 heavy (non-hydrogen) atoms. The third kappa shape index (κ3) is 5.57. The molecule has 0 saturated carbocycles. The molecule has 0 bridgehead atoms. The Bertz CT molecular complexity index is 1140. The van der Waals surface area contributed by atoms with Gasteiger partial charge < -0.3 is 13.8 Å². The summed E-state index contributed by atoms with van der Waals surface area (Å²) in [5.74, 6) is -0.153. The topological polar surface area (TPSA) is 44.8 Å². The Labute approximate surface area is 205 Å². The third-order valence-corrected chi connectivity index (χ3v) is 10.2. The summed E-state index contributed by atoms with van der Waals surface area (Å²) in [7, 11) is -2.26. The van der Waals surface area contributed by atoms with Crippen molar-refractivity contribution < 1.29 is 22.7 Å². The van der Waals surface area contributed by atoms with E-state index in [4.69, 9.17) is 25.4 Å². The van der Waals surface area contributed by atoms with E-state index in [-0.39, 0.29) is 23.7 Å². The molecule has 0 fully saturated rings. The molecule has 1 aromatic heterocycles. The number of methoxy groups -OCH3 is 1. The maximum atomic E-state index is 14.9. The maximum absolute atomic E-state index is 14.9. The number of benzene rings is 2. The summed E-state index contributed by atoms with van der Waals surface area (Å²) in [6, 6.07) is 10.6. The smallest absolute Gasteiger partial charge is 0.339 e. The summed E-state index contributed by atoms with van der Waals surface area (Å²) in [6.07, 6.45) is -0.610. The van der Waals surface area contributed by atoms with Gasteiger partial charge in [0.1, 0.15) is 17.2 Å². The fourth-order valence-corrected chi connectivity index (χ4v) is 8.83. The Balaban J connectivity index is 2.21. The van der Waals surface area contributed by atoms with Gasteiger partial charge in [-0.05, 0) is 73.8 Å². The molecule has 3 rings (SSSR count). The van der Waals surface area contributed by atoms with Crippen molar-refractivity contribution in [2.75, 3.05) is 7.11 Å². The van der Waals surface area contributed by atoms with Gasteiger partial charge in [0.25, 0.3) is 0 Å². The van der Waals surface area contributed by atoms with Crippen molar-refractivity contribution in [3.8, 4) is 5.75 Å². The van der Waals surface area contributed by atoms with Crippen molar-refractivity contribution in [2.24, 2.45) is 0 Å². The summed E-state index contributed by atoms with van der Waals surface area (Å²) in [5.41, 5.74) is -0.417. The zero-order chi connectivity index (χ0) is 23.6. The third-order valence-electron chi connectivity index (χ3n) is 4.69. The number of halogens is 3. The minimum absolute atomic E-state index is 0.0848. The van der Waals surface area contributed by atoms with Crippen LogP contribution in [0.2, 0.25) is 5.02 Å². The van der Waals surface area contributed by atoms with Gasteiger partial charge in [-0.1, -0.05) is 29.8 Å². The Hall–Kier alpha value is -0.950. The normalized spacial score (nSPS) is 13.3. The lowest BCUT2D eigenvalue weighted by atomic mass is 10.1. The standard InChI is InChI=1S/C23H26BrClFO4PS/c1-13(2)29-31(27,30-14(3)4)20(11-15-10-19(28-5)17(25)12-18(15)26)23-22(24)16-8-6-7-9-21(16)32-23/h6-10,12-14,20H,11H2,1-5H3. The van der Waals surface area contributed by atoms with Crippen LogP contribution in [0, 0.1) is 5.82 Å². The zero-order valence-corrected chi connectivity index (χ0v) is 22.6. The van der Waals surface area contributed by atoms with E-state index in [0.717, 1.165) is 19.4 Å². The minimum Gasteiger partial charge on any atom is -0.495 e. The zero-order valence-electron chi connectivity index (χ0n) is 18.5. The monoisotopic (exact) mass is 562 g/mol. The van der Waals surface area contributed by atoms with Gasteiger partial charge in [-0.25, -0.2) is 4.39 Å². The molecule has 4 nitrogen and oxygen atoms in total. The number of fused-ring (bicyclic) bond motifs is 1. The van der Waals surface area contributed by atoms with Gasteiger partial charge in [-0.3, -0.25) is 4.57 Å². The highest BCUT2D eigenvalue weighted by atomic mass is 79.9. The van der Waals surface area contributed by atoms with Gasteiger partial charge in [-0.2, -0.15) is 0 Å². The summed E-state index contributed by atoms with van der Waals surface area (Å²) < 4.78 is 48.2. The van der Waals surface area contributed by atoms with E-state index in [2.05, 4.69) is 15.9 Å². The van der Waals surface area contributed by atoms with Gasteiger partial charge in [0.05, 0.1) is 24.3 Å². The summed E-state index contributed by atoms with van der Waals surface area (Å²) in [4.78, 5) is 0.782. The molecule has 0 aliphatic heterocycles. The molecular weight excluding hydrogens is 538 g/mol. The molecular formula is C23H26BrClFO4PS. The van der Waals surface area contributed by atoms with E-state index >= 15 is 0 Å². The van der Waals surface area contributed by atoms with Crippen LogP contribution in [-0.2, 0) is 20.0 Å². The first-order chi connectivity index (χ1) is 15.1. The number of hydrogen-bond donors (Lipinski definition) is 0. The van der Waals surface area contributed by atoms with Crippen LogP contribution in [0.1, 0.15) is 43.8 Å². The molecule has 174 valence electrons. The molecule has 0 radical (unpaired) electrons. The molecule has 2 aromatic carbocycles. The molecule has 0 aliphatic rings. The van der Waals surface area contributed by atoms with Gasteiger partial charge in [0, 0.05) is 19.4 Å². The van der Waals surface area contributed by atoms with E-state index in [1.165, 1.54) is 24.5 Å². The van der Waals surface area contributed by atoms with Gasteiger partial charge in [0.15, 0.2) is 0 Å². The van der Waals surface area contributed by atoms with Crippen LogP contribution in [0.4, 0.5) is 4.39 Å². The molecule has 1 unspecified atom stereocenters. The molecule has 0 amide bonds. The number of hydrogen-bond acceptors (Lipinski definition) is 5. The lowest BCUT2D eigenvalue weighted by molar-refractivity contribution is 0.136. The second kappa shape index (κ2) is 10.5. The molecule has 9 heteroatoms. The second-order valence-electron chi connectivity index (χ2n) is 7.92. The Morgan fingerprint density at radius 2 is 1.75 bits per heavy atom. The van der Waals surface area contributed by atoms with Crippen LogP contribution in [0.5, 0.6) is 5.75 Å². The van der Waals surface area contributed by atoms with Crippen molar-refractivity contribution in [2.45, 2.75) is 52.0 Å². The van der Waals surface area contributed by atoms with Crippen molar-refractivity contribution in [3.63, 3.8) is 0 Å². The van der Waals surface area contributed by atoms with Gasteiger partial charge in [0.2, 0.25) is 0 Å². The van der Waals surface area contributed by atoms with E-state index in [9.17, 15) is 8.96 Å². The SMILES string of the molecule is COc1cc(CC(c2sc3ccccc3c2Br)P(=O)(OC(C)C)OC(C)C)c(F)cc1Cl. The quantitative estimate of drug-likeness (QED) is 0.244. The van der Waals surface area contributed by atoms with E-state index in [1.807, 2.05) is 24.3 Å². The van der Waals surface area contributed by atoms with E-state index in [0.29, 0.717) is 11.3 Å². The molecule has 3 aromatic rings. The Kier molecular flexibility index (Phi) is 8.46. The van der Waals surface area contributed by atoms with Crippen LogP contribution in [0.15, 0.2) is 40.9 Å². The first-order valence-electron chi connectivity index (χ1n) is 10.2. The number of thiophene rings is 1. The largest absolute Gasteiger partial charge is 0.495 e. The molecule has 1 heterocycles. The average molecular weight is 564 g/mol. The summed E-state index contributed by atoms with van der Waals surface area (Å²) >= 11 is 11.3. The molecule has 0 saturated heterocycles. The minimum atomic E-state index is -3.73. The molecule has 0 N–H and O–H groups in total.